The molecule has 0 aromatic heterocycles. The van der Waals surface area contributed by atoms with E-state index in [1.807, 2.05) is 6.92 Å². The highest BCUT2D eigenvalue weighted by molar-refractivity contribution is 7.99. The largest absolute Gasteiger partial charge is 0.319 e. The second-order valence-electron chi connectivity index (χ2n) is 1.51. The summed E-state index contributed by atoms with van der Waals surface area (Å²) in [5.41, 5.74) is 5.46. The van der Waals surface area contributed by atoms with Gasteiger partial charge in [-0.1, -0.05) is 6.92 Å². The Hall–Kier alpha value is 0.240. The SMILES string of the molecule is CC[C@H](N)SCCF. The van der Waals surface area contributed by atoms with E-state index in [4.69, 9.17) is 5.73 Å². The molecule has 0 saturated heterocycles. The molecule has 1 atom stereocenters. The number of hydrogen-bond donors (Lipinski definition) is 1. The number of halogens is 1. The van der Waals surface area contributed by atoms with Crippen molar-refractivity contribution in [2.75, 3.05) is 12.4 Å². The van der Waals surface area contributed by atoms with Crippen LogP contribution in [0.2, 0.25) is 0 Å². The van der Waals surface area contributed by atoms with Crippen molar-refractivity contribution in [3.05, 3.63) is 0 Å². The standard InChI is InChI=1S/C5H12FNS/c1-2-5(7)8-4-3-6/h5H,2-4,7H2,1H3/t5-/m1/s1. The van der Waals surface area contributed by atoms with Crippen LogP contribution in [0.25, 0.3) is 0 Å². The average molecular weight is 137 g/mol. The van der Waals surface area contributed by atoms with Gasteiger partial charge >= 0.3 is 0 Å². The first kappa shape index (κ1) is 8.24. The van der Waals surface area contributed by atoms with Gasteiger partial charge in [0, 0.05) is 5.75 Å². The Morgan fingerprint density at radius 3 is 2.75 bits per heavy atom. The highest BCUT2D eigenvalue weighted by Gasteiger charge is 1.96. The fraction of sp³-hybridized carbons (Fsp3) is 1.00. The predicted molar refractivity (Wildman–Crippen MR) is 36.7 cm³/mol. The monoisotopic (exact) mass is 137 g/mol. The molecule has 1 nitrogen and oxygen atoms in total. The summed E-state index contributed by atoms with van der Waals surface area (Å²) in [4.78, 5) is 0. The first-order valence-corrected chi connectivity index (χ1v) is 3.79. The summed E-state index contributed by atoms with van der Waals surface area (Å²) in [6.45, 7) is 1.73. The zero-order valence-corrected chi connectivity index (χ0v) is 5.88. The van der Waals surface area contributed by atoms with Crippen molar-refractivity contribution >= 4 is 11.8 Å². The average Bonchev–Trinajstić information content (AvgIpc) is 1.83. The lowest BCUT2D eigenvalue weighted by atomic mass is 10.5. The number of rotatable bonds is 4. The zero-order chi connectivity index (χ0) is 6.41. The fourth-order valence-corrected chi connectivity index (χ4v) is 0.941. The second kappa shape index (κ2) is 5.38. The maximum atomic E-state index is 11.4. The molecule has 0 unspecified atom stereocenters. The van der Waals surface area contributed by atoms with Gasteiger partial charge < -0.3 is 5.73 Å². The van der Waals surface area contributed by atoms with Crippen molar-refractivity contribution in [3.8, 4) is 0 Å². The molecule has 0 aromatic rings. The van der Waals surface area contributed by atoms with Crippen LogP contribution in [0.4, 0.5) is 4.39 Å². The van der Waals surface area contributed by atoms with Gasteiger partial charge in [0.05, 0.1) is 12.0 Å². The summed E-state index contributed by atoms with van der Waals surface area (Å²) in [7, 11) is 0. The van der Waals surface area contributed by atoms with E-state index < -0.39 is 0 Å². The van der Waals surface area contributed by atoms with E-state index in [0.29, 0.717) is 5.75 Å². The minimum absolute atomic E-state index is 0.130. The zero-order valence-electron chi connectivity index (χ0n) is 5.06. The summed E-state index contributed by atoms with van der Waals surface area (Å²) in [5, 5.41) is 0.130. The molecule has 50 valence electrons. The Balaban J connectivity index is 2.86. The Kier molecular flexibility index (Phi) is 5.54. The van der Waals surface area contributed by atoms with E-state index in [-0.39, 0.29) is 12.0 Å². The Morgan fingerprint density at radius 1 is 1.75 bits per heavy atom. The van der Waals surface area contributed by atoms with Crippen molar-refractivity contribution in [2.24, 2.45) is 5.73 Å². The fourth-order valence-electron chi connectivity index (χ4n) is 0.314. The van der Waals surface area contributed by atoms with Gasteiger partial charge in [0.1, 0.15) is 0 Å². The molecule has 0 heterocycles. The number of thioether (sulfide) groups is 1. The van der Waals surface area contributed by atoms with Gasteiger partial charge in [-0.3, -0.25) is 4.39 Å². The molecule has 0 amide bonds. The molecular formula is C5H12FNS. The van der Waals surface area contributed by atoms with Gasteiger partial charge in [-0.15, -0.1) is 11.8 Å². The molecule has 0 aliphatic heterocycles. The van der Waals surface area contributed by atoms with Crippen LogP contribution in [0.5, 0.6) is 0 Å². The van der Waals surface area contributed by atoms with Crippen LogP contribution < -0.4 is 5.73 Å². The highest BCUT2D eigenvalue weighted by Crippen LogP contribution is 2.07. The molecule has 0 saturated carbocycles. The van der Waals surface area contributed by atoms with Gasteiger partial charge in [0.15, 0.2) is 0 Å². The number of nitrogens with two attached hydrogens (primary N) is 1. The third-order valence-corrected chi connectivity index (χ3v) is 1.96. The van der Waals surface area contributed by atoms with Crippen molar-refractivity contribution in [3.63, 3.8) is 0 Å². The third kappa shape index (κ3) is 4.40. The Labute approximate surface area is 53.8 Å². The highest BCUT2D eigenvalue weighted by atomic mass is 32.2. The Bertz CT molecular complexity index is 51.7. The second-order valence-corrected chi connectivity index (χ2v) is 2.85. The van der Waals surface area contributed by atoms with Crippen LogP contribution in [0.15, 0.2) is 0 Å². The molecule has 0 aromatic carbocycles. The minimum Gasteiger partial charge on any atom is -0.319 e. The van der Waals surface area contributed by atoms with Crippen LogP contribution >= 0.6 is 11.8 Å². The van der Waals surface area contributed by atoms with E-state index in [1.54, 1.807) is 0 Å². The van der Waals surface area contributed by atoms with Gasteiger partial charge in [-0.05, 0) is 6.42 Å². The third-order valence-electron chi connectivity index (χ3n) is 0.811. The van der Waals surface area contributed by atoms with Crippen LogP contribution in [0.1, 0.15) is 13.3 Å². The van der Waals surface area contributed by atoms with Gasteiger partial charge in [-0.25, -0.2) is 0 Å². The first-order chi connectivity index (χ1) is 3.81. The lowest BCUT2D eigenvalue weighted by Crippen LogP contribution is -2.14. The quantitative estimate of drug-likeness (QED) is 0.592. The molecule has 0 aliphatic rings. The predicted octanol–water partition coefficient (Wildman–Crippen LogP) is 1.38. The van der Waals surface area contributed by atoms with Crippen molar-refractivity contribution in [2.45, 2.75) is 18.7 Å². The minimum atomic E-state index is -0.266. The summed E-state index contributed by atoms with van der Waals surface area (Å²) in [6.07, 6.45) is 0.921. The molecular weight excluding hydrogens is 125 g/mol. The van der Waals surface area contributed by atoms with Crippen LogP contribution in [-0.4, -0.2) is 17.8 Å². The first-order valence-electron chi connectivity index (χ1n) is 2.74. The molecule has 0 fully saturated rings. The van der Waals surface area contributed by atoms with E-state index >= 15 is 0 Å². The maximum absolute atomic E-state index is 11.4. The lowest BCUT2D eigenvalue weighted by Gasteiger charge is -2.04. The number of hydrogen-bond acceptors (Lipinski definition) is 2. The molecule has 0 rings (SSSR count). The molecule has 0 bridgehead atoms. The van der Waals surface area contributed by atoms with E-state index in [0.717, 1.165) is 6.42 Å². The molecule has 2 N–H and O–H groups in total. The van der Waals surface area contributed by atoms with Crippen LogP contribution in [0, 0.1) is 0 Å². The van der Waals surface area contributed by atoms with E-state index in [2.05, 4.69) is 0 Å². The van der Waals surface area contributed by atoms with Gasteiger partial charge in [0.2, 0.25) is 0 Å². The normalized spacial score (nSPS) is 13.9. The van der Waals surface area contributed by atoms with E-state index in [1.165, 1.54) is 11.8 Å². The summed E-state index contributed by atoms with van der Waals surface area (Å²) < 4.78 is 11.4. The van der Waals surface area contributed by atoms with Crippen LogP contribution in [-0.2, 0) is 0 Å². The smallest absolute Gasteiger partial charge is 0.0985 e. The summed E-state index contributed by atoms with van der Waals surface area (Å²) in [5.74, 6) is 0.537. The van der Waals surface area contributed by atoms with Crippen molar-refractivity contribution in [1.82, 2.24) is 0 Å². The van der Waals surface area contributed by atoms with Gasteiger partial charge in [-0.2, -0.15) is 0 Å². The number of alkyl halides is 1. The summed E-state index contributed by atoms with van der Waals surface area (Å²) in [6, 6.07) is 0. The molecule has 3 heteroatoms. The van der Waals surface area contributed by atoms with Crippen LogP contribution in [0.3, 0.4) is 0 Å². The molecule has 0 spiro atoms. The lowest BCUT2D eigenvalue weighted by molar-refractivity contribution is 0.532. The molecule has 8 heavy (non-hydrogen) atoms. The van der Waals surface area contributed by atoms with Gasteiger partial charge in [0.25, 0.3) is 0 Å². The Morgan fingerprint density at radius 2 is 2.38 bits per heavy atom. The maximum Gasteiger partial charge on any atom is 0.0985 e. The topological polar surface area (TPSA) is 26.0 Å². The van der Waals surface area contributed by atoms with E-state index in [9.17, 15) is 4.39 Å². The molecule has 0 radical (unpaired) electrons. The van der Waals surface area contributed by atoms with Crippen molar-refractivity contribution in [1.29, 1.82) is 0 Å². The summed E-state index contributed by atoms with van der Waals surface area (Å²) >= 11 is 1.48. The van der Waals surface area contributed by atoms with Crippen molar-refractivity contribution < 1.29 is 4.39 Å². The molecule has 0 aliphatic carbocycles.